The summed E-state index contributed by atoms with van der Waals surface area (Å²) in [5.41, 5.74) is 0.881. The van der Waals surface area contributed by atoms with Crippen molar-refractivity contribution < 1.29 is 28.0 Å². The molecule has 210 valence electrons. The molecule has 0 saturated carbocycles. The first-order valence-electron chi connectivity index (χ1n) is 12.1. The van der Waals surface area contributed by atoms with Crippen molar-refractivity contribution in [2.24, 2.45) is 0 Å². The highest BCUT2D eigenvalue weighted by Crippen LogP contribution is 2.44. The standard InChI is InChI=1S/C27H22N4O7S3/c1-27(2,3)16-6-4-15(5-7-16)21-20(22(32)24-28-12-13-39-24)23(33)25(34)30(21)26-29-14-19(40-26)41(37,38)18-10-8-17(9-11-18)31(35)36/h4-14,21,33H,1-3H3. The van der Waals surface area contributed by atoms with E-state index in [2.05, 4.69) is 9.97 Å². The van der Waals surface area contributed by atoms with Gasteiger partial charge in [-0.15, -0.1) is 11.3 Å². The third-order valence-corrected chi connectivity index (χ3v) is 10.5. The van der Waals surface area contributed by atoms with Crippen LogP contribution in [0.1, 0.15) is 47.7 Å². The van der Waals surface area contributed by atoms with Crippen molar-refractivity contribution in [3.63, 3.8) is 0 Å². The number of carbonyl (C=O) groups excluding carboxylic acids is 2. The largest absolute Gasteiger partial charge is 0.503 e. The van der Waals surface area contributed by atoms with E-state index in [1.54, 1.807) is 17.5 Å². The van der Waals surface area contributed by atoms with Crippen LogP contribution in [0.5, 0.6) is 0 Å². The van der Waals surface area contributed by atoms with Crippen molar-refractivity contribution in [1.29, 1.82) is 0 Å². The van der Waals surface area contributed by atoms with Crippen LogP contribution >= 0.6 is 22.7 Å². The molecule has 4 aromatic rings. The van der Waals surface area contributed by atoms with Crippen LogP contribution in [-0.2, 0) is 20.0 Å². The van der Waals surface area contributed by atoms with Gasteiger partial charge in [0, 0.05) is 23.7 Å². The van der Waals surface area contributed by atoms with Gasteiger partial charge < -0.3 is 5.11 Å². The maximum absolute atomic E-state index is 13.5. The zero-order chi connectivity index (χ0) is 29.7. The molecule has 1 unspecified atom stereocenters. The number of anilines is 1. The minimum atomic E-state index is -4.15. The van der Waals surface area contributed by atoms with Crippen LogP contribution in [-0.4, -0.2) is 40.1 Å². The third kappa shape index (κ3) is 5.05. The lowest BCUT2D eigenvalue weighted by molar-refractivity contribution is -0.384. The van der Waals surface area contributed by atoms with E-state index in [1.165, 1.54) is 6.20 Å². The highest BCUT2D eigenvalue weighted by Gasteiger charge is 2.46. The number of nitro benzene ring substituents is 1. The summed E-state index contributed by atoms with van der Waals surface area (Å²) in [6.07, 6.45) is 2.51. The first kappa shape index (κ1) is 28.3. The number of carbonyl (C=O) groups is 2. The van der Waals surface area contributed by atoms with Gasteiger partial charge in [-0.2, -0.15) is 0 Å². The second kappa shape index (κ2) is 10.3. The summed E-state index contributed by atoms with van der Waals surface area (Å²) in [4.78, 5) is 46.3. The molecule has 1 N–H and O–H groups in total. The quantitative estimate of drug-likeness (QED) is 0.164. The van der Waals surface area contributed by atoms with Crippen molar-refractivity contribution >= 4 is 55.0 Å². The summed E-state index contributed by atoms with van der Waals surface area (Å²) >= 11 is 1.73. The van der Waals surface area contributed by atoms with Crippen LogP contribution in [0.25, 0.3) is 0 Å². The molecular weight excluding hydrogens is 589 g/mol. The van der Waals surface area contributed by atoms with Crippen LogP contribution in [0, 0.1) is 10.1 Å². The van der Waals surface area contributed by atoms with Crippen LogP contribution in [0.15, 0.2) is 86.7 Å². The van der Waals surface area contributed by atoms with Crippen LogP contribution in [0.4, 0.5) is 10.8 Å². The van der Waals surface area contributed by atoms with Gasteiger partial charge in [0.2, 0.25) is 15.6 Å². The molecule has 1 aliphatic heterocycles. The van der Waals surface area contributed by atoms with Gasteiger partial charge >= 0.3 is 0 Å². The summed E-state index contributed by atoms with van der Waals surface area (Å²) in [5.74, 6) is -2.32. The molecule has 1 atom stereocenters. The van der Waals surface area contributed by atoms with Gasteiger partial charge in [0.1, 0.15) is 4.21 Å². The minimum Gasteiger partial charge on any atom is -0.503 e. The SMILES string of the molecule is CC(C)(C)c1ccc(C2C(C(=O)c3nccs3)=C(O)C(=O)N2c2ncc(S(=O)(=O)c3ccc([N+](=O)[O-])cc3)s2)cc1. The first-order valence-corrected chi connectivity index (χ1v) is 15.3. The molecule has 1 amide bonds. The molecule has 0 bridgehead atoms. The van der Waals surface area contributed by atoms with Crippen LogP contribution in [0.3, 0.4) is 0 Å². The second-order valence-corrected chi connectivity index (χ2v) is 14.2. The van der Waals surface area contributed by atoms with Gasteiger partial charge in [-0.1, -0.05) is 56.4 Å². The summed E-state index contributed by atoms with van der Waals surface area (Å²) in [5, 5.41) is 23.5. The predicted octanol–water partition coefficient (Wildman–Crippen LogP) is 5.42. The molecule has 11 nitrogen and oxygen atoms in total. The van der Waals surface area contributed by atoms with Crippen molar-refractivity contribution in [3.8, 4) is 0 Å². The number of Topliss-reactive ketones (excluding diaryl/α,β-unsaturated/α-hetero) is 1. The van der Waals surface area contributed by atoms with Gasteiger partial charge in [-0.25, -0.2) is 18.4 Å². The number of hydrogen-bond donors (Lipinski definition) is 1. The number of benzene rings is 2. The van der Waals surface area contributed by atoms with E-state index in [0.29, 0.717) is 16.9 Å². The maximum atomic E-state index is 13.5. The van der Waals surface area contributed by atoms with E-state index < -0.39 is 38.3 Å². The first-order chi connectivity index (χ1) is 19.3. The van der Waals surface area contributed by atoms with Gasteiger partial charge in [-0.05, 0) is 28.7 Å². The molecule has 2 aromatic heterocycles. The van der Waals surface area contributed by atoms with Crippen molar-refractivity contribution in [3.05, 3.63) is 104 Å². The zero-order valence-corrected chi connectivity index (χ0v) is 24.3. The average Bonchev–Trinajstić information content (AvgIpc) is 3.69. The highest BCUT2D eigenvalue weighted by atomic mass is 32.2. The normalized spacial score (nSPS) is 15.9. The summed E-state index contributed by atoms with van der Waals surface area (Å²) in [7, 11) is -4.15. The topological polar surface area (TPSA) is 161 Å². The molecule has 1 aliphatic rings. The van der Waals surface area contributed by atoms with E-state index in [0.717, 1.165) is 52.3 Å². The number of ketones is 1. The number of nitro groups is 1. The molecule has 3 heterocycles. The fourth-order valence-electron chi connectivity index (χ4n) is 4.32. The number of aliphatic hydroxyl groups excluding tert-OH is 1. The van der Waals surface area contributed by atoms with E-state index in [4.69, 9.17) is 0 Å². The Labute approximate surface area is 242 Å². The average molecular weight is 611 g/mol. The summed E-state index contributed by atoms with van der Waals surface area (Å²) < 4.78 is 26.3. The van der Waals surface area contributed by atoms with Gasteiger partial charge in [0.05, 0.1) is 27.6 Å². The van der Waals surface area contributed by atoms with Crippen molar-refractivity contribution in [2.45, 2.75) is 41.3 Å². The number of thiazole rings is 2. The predicted molar refractivity (Wildman–Crippen MR) is 152 cm³/mol. The van der Waals surface area contributed by atoms with Gasteiger partial charge in [0.25, 0.3) is 11.6 Å². The lowest BCUT2D eigenvalue weighted by Crippen LogP contribution is -2.31. The number of sulfone groups is 1. The Morgan fingerprint density at radius 3 is 2.29 bits per heavy atom. The number of amides is 1. The Kier molecular flexibility index (Phi) is 7.09. The molecule has 0 aliphatic carbocycles. The Morgan fingerprint density at radius 2 is 1.73 bits per heavy atom. The van der Waals surface area contributed by atoms with E-state index in [-0.39, 0.29) is 35.9 Å². The number of rotatable bonds is 7. The fourth-order valence-corrected chi connectivity index (χ4v) is 7.45. The number of non-ortho nitro benzene ring substituents is 1. The van der Waals surface area contributed by atoms with E-state index in [9.17, 15) is 33.2 Å². The molecule has 14 heteroatoms. The Hall–Kier alpha value is -4.27. The molecule has 5 rings (SSSR count). The van der Waals surface area contributed by atoms with Crippen molar-refractivity contribution in [2.75, 3.05) is 4.90 Å². The monoisotopic (exact) mass is 610 g/mol. The van der Waals surface area contributed by atoms with Crippen LogP contribution < -0.4 is 4.90 Å². The number of nitrogens with zero attached hydrogens (tertiary/aromatic N) is 4. The van der Waals surface area contributed by atoms with E-state index in [1.807, 2.05) is 32.9 Å². The molecule has 0 radical (unpaired) electrons. The Balaban J connectivity index is 1.58. The lowest BCUT2D eigenvalue weighted by Gasteiger charge is -2.25. The Morgan fingerprint density at radius 1 is 1.07 bits per heavy atom. The molecule has 0 saturated heterocycles. The van der Waals surface area contributed by atoms with Crippen molar-refractivity contribution in [1.82, 2.24) is 9.97 Å². The van der Waals surface area contributed by atoms with Gasteiger partial charge in [-0.3, -0.25) is 24.6 Å². The molecular formula is C27H22N4O7S3. The number of aliphatic hydroxyl groups is 1. The molecule has 2 aromatic carbocycles. The zero-order valence-electron chi connectivity index (χ0n) is 21.8. The number of hydrogen-bond acceptors (Lipinski definition) is 11. The molecule has 0 spiro atoms. The summed E-state index contributed by atoms with van der Waals surface area (Å²) in [6.45, 7) is 6.12. The van der Waals surface area contributed by atoms with Crippen LogP contribution in [0.2, 0.25) is 0 Å². The fraction of sp³-hybridized carbons (Fsp3) is 0.185. The highest BCUT2D eigenvalue weighted by molar-refractivity contribution is 7.93. The molecule has 0 fully saturated rings. The van der Waals surface area contributed by atoms with E-state index >= 15 is 0 Å². The minimum absolute atomic E-state index is 0.0612. The smallest absolute Gasteiger partial charge is 0.296 e. The number of aromatic nitrogens is 2. The van der Waals surface area contributed by atoms with Gasteiger partial charge in [0.15, 0.2) is 15.9 Å². The lowest BCUT2D eigenvalue weighted by atomic mass is 9.85. The molecule has 41 heavy (non-hydrogen) atoms. The Bertz CT molecular complexity index is 1800. The third-order valence-electron chi connectivity index (χ3n) is 6.47. The summed E-state index contributed by atoms with van der Waals surface area (Å²) in [6, 6.07) is 10.5. The maximum Gasteiger partial charge on any atom is 0.296 e. The second-order valence-electron chi connectivity index (χ2n) is 10.1.